The van der Waals surface area contributed by atoms with Crippen molar-refractivity contribution in [2.45, 2.75) is 52.1 Å². The Hall–Kier alpha value is -1.99. The van der Waals surface area contributed by atoms with Crippen LogP contribution in [0.15, 0.2) is 12.1 Å². The van der Waals surface area contributed by atoms with Gasteiger partial charge < -0.3 is 25.0 Å². The van der Waals surface area contributed by atoms with E-state index in [1.165, 1.54) is 20.6 Å². The highest BCUT2D eigenvalue weighted by Crippen LogP contribution is 2.35. The van der Waals surface area contributed by atoms with Crippen molar-refractivity contribution < 1.29 is 19.1 Å². The van der Waals surface area contributed by atoms with Gasteiger partial charge in [0.1, 0.15) is 0 Å². The van der Waals surface area contributed by atoms with E-state index in [9.17, 15) is 9.59 Å². The molecule has 8 heteroatoms. The van der Waals surface area contributed by atoms with Crippen LogP contribution in [0.25, 0.3) is 0 Å². The zero-order chi connectivity index (χ0) is 20.5. The fraction of sp³-hybridized carbons (Fsp3) is 0.619. The molecule has 7 nitrogen and oxygen atoms in total. The summed E-state index contributed by atoms with van der Waals surface area (Å²) in [5, 5.41) is 6.50. The number of nitrogens with zero attached hydrogens (tertiary/aromatic N) is 1. The molecule has 1 aromatic carbocycles. The molecule has 1 aromatic rings. The normalized spacial score (nSPS) is 21.1. The van der Waals surface area contributed by atoms with Gasteiger partial charge in [-0.25, -0.2) is 0 Å². The number of hydrogen-bond donors (Lipinski definition) is 2. The molecule has 0 saturated carbocycles. The lowest BCUT2D eigenvalue weighted by Gasteiger charge is -2.26. The predicted octanol–water partition coefficient (Wildman–Crippen LogP) is 3.08. The number of rotatable bonds is 4. The lowest BCUT2D eigenvalue weighted by molar-refractivity contribution is -0.123. The molecular weight excluding hydrogens is 394 g/mol. The highest BCUT2D eigenvalue weighted by molar-refractivity contribution is 6.05. The fourth-order valence-electron chi connectivity index (χ4n) is 3.77. The molecule has 0 spiro atoms. The largest absolute Gasteiger partial charge is 0.493 e. The standard InChI is InChI=1S/C21H31N3O4.ClH/c1-21(2,3)20(26)23-16-11-18(28-5)17(27-4)10-15(16)19(25)24-9-8-13-6-7-14(12-24)22-13;/h10-11,13-14,22H,6-9,12H2,1-5H3,(H,23,26);1H. The van der Waals surface area contributed by atoms with Gasteiger partial charge in [0.15, 0.2) is 11.5 Å². The van der Waals surface area contributed by atoms with E-state index in [1.807, 2.05) is 25.7 Å². The summed E-state index contributed by atoms with van der Waals surface area (Å²) in [5.41, 5.74) is 0.289. The Morgan fingerprint density at radius 2 is 1.69 bits per heavy atom. The molecule has 0 radical (unpaired) electrons. The number of likely N-dealkylation sites (tertiary alicyclic amines) is 1. The lowest BCUT2D eigenvalue weighted by atomic mass is 9.95. The van der Waals surface area contributed by atoms with Crippen LogP contribution in [0.2, 0.25) is 0 Å². The number of nitrogens with one attached hydrogen (secondary N) is 2. The summed E-state index contributed by atoms with van der Waals surface area (Å²) in [6, 6.07) is 4.16. The van der Waals surface area contributed by atoms with Crippen molar-refractivity contribution in [1.82, 2.24) is 10.2 Å². The minimum atomic E-state index is -0.584. The molecule has 2 unspecified atom stereocenters. The van der Waals surface area contributed by atoms with E-state index >= 15 is 0 Å². The van der Waals surface area contributed by atoms with Gasteiger partial charge in [-0.2, -0.15) is 0 Å². The van der Waals surface area contributed by atoms with Gasteiger partial charge in [0.2, 0.25) is 5.91 Å². The van der Waals surface area contributed by atoms with E-state index in [0.717, 1.165) is 12.8 Å². The summed E-state index contributed by atoms with van der Waals surface area (Å²) >= 11 is 0. The lowest BCUT2D eigenvalue weighted by Crippen LogP contribution is -2.39. The first-order chi connectivity index (χ1) is 13.2. The predicted molar refractivity (Wildman–Crippen MR) is 115 cm³/mol. The number of methoxy groups -OCH3 is 2. The highest BCUT2D eigenvalue weighted by Gasteiger charge is 2.33. The Labute approximate surface area is 178 Å². The van der Waals surface area contributed by atoms with Crippen LogP contribution >= 0.6 is 12.4 Å². The maximum absolute atomic E-state index is 13.4. The molecule has 2 atom stereocenters. The van der Waals surface area contributed by atoms with Crippen LogP contribution in [-0.2, 0) is 4.79 Å². The number of ether oxygens (including phenoxy) is 2. The van der Waals surface area contributed by atoms with E-state index in [1.54, 1.807) is 12.1 Å². The van der Waals surface area contributed by atoms with E-state index < -0.39 is 5.41 Å². The van der Waals surface area contributed by atoms with Crippen molar-refractivity contribution in [3.63, 3.8) is 0 Å². The van der Waals surface area contributed by atoms with E-state index in [2.05, 4.69) is 10.6 Å². The minimum absolute atomic E-state index is 0. The minimum Gasteiger partial charge on any atom is -0.493 e. The van der Waals surface area contributed by atoms with Crippen molar-refractivity contribution in [1.29, 1.82) is 0 Å². The smallest absolute Gasteiger partial charge is 0.256 e. The summed E-state index contributed by atoms with van der Waals surface area (Å²) in [4.78, 5) is 27.9. The molecular formula is C21H32ClN3O4. The first-order valence-corrected chi connectivity index (χ1v) is 9.85. The Bertz CT molecular complexity index is 763. The van der Waals surface area contributed by atoms with Crippen LogP contribution in [0.5, 0.6) is 11.5 Å². The summed E-state index contributed by atoms with van der Waals surface area (Å²) in [5.74, 6) is 0.679. The SMILES string of the molecule is COc1cc(NC(=O)C(C)(C)C)c(C(=O)N2CCC3CCC(C2)N3)cc1OC.Cl. The second-order valence-electron chi connectivity index (χ2n) is 8.63. The van der Waals surface area contributed by atoms with Crippen LogP contribution in [0.4, 0.5) is 5.69 Å². The number of halogens is 1. The van der Waals surface area contributed by atoms with Crippen LogP contribution in [0, 0.1) is 5.41 Å². The molecule has 0 aromatic heterocycles. The Balaban J connectivity index is 0.00000300. The van der Waals surface area contributed by atoms with Crippen molar-refractivity contribution in [2.24, 2.45) is 5.41 Å². The molecule has 162 valence electrons. The second kappa shape index (κ2) is 9.22. The second-order valence-corrected chi connectivity index (χ2v) is 8.63. The maximum atomic E-state index is 13.4. The van der Waals surface area contributed by atoms with Gasteiger partial charge in [-0.05, 0) is 25.3 Å². The molecule has 2 amide bonds. The fourth-order valence-corrected chi connectivity index (χ4v) is 3.77. The number of carbonyl (C=O) groups excluding carboxylic acids is 2. The molecule has 2 aliphatic heterocycles. The van der Waals surface area contributed by atoms with Gasteiger partial charge in [0.05, 0.1) is 25.5 Å². The molecule has 2 heterocycles. The maximum Gasteiger partial charge on any atom is 0.256 e. The van der Waals surface area contributed by atoms with Crippen LogP contribution in [-0.4, -0.2) is 56.1 Å². The van der Waals surface area contributed by atoms with Gasteiger partial charge in [0.25, 0.3) is 5.91 Å². The zero-order valence-corrected chi connectivity index (χ0v) is 18.6. The van der Waals surface area contributed by atoms with Crippen molar-refractivity contribution >= 4 is 29.9 Å². The molecule has 0 aliphatic carbocycles. The van der Waals surface area contributed by atoms with Crippen molar-refractivity contribution in [3.05, 3.63) is 17.7 Å². The molecule has 3 rings (SSSR count). The van der Waals surface area contributed by atoms with Gasteiger partial charge in [-0.15, -0.1) is 12.4 Å². The first kappa shape index (κ1) is 23.3. The van der Waals surface area contributed by atoms with Gasteiger partial charge in [0, 0.05) is 36.7 Å². The number of amides is 2. The molecule has 2 N–H and O–H groups in total. The average molecular weight is 426 g/mol. The number of hydrogen-bond acceptors (Lipinski definition) is 5. The van der Waals surface area contributed by atoms with Gasteiger partial charge >= 0.3 is 0 Å². The summed E-state index contributed by atoms with van der Waals surface area (Å²) in [7, 11) is 3.07. The third-order valence-electron chi connectivity index (χ3n) is 5.49. The molecule has 2 bridgehead atoms. The van der Waals surface area contributed by atoms with Gasteiger partial charge in [-0.3, -0.25) is 9.59 Å². The van der Waals surface area contributed by atoms with Gasteiger partial charge in [-0.1, -0.05) is 20.8 Å². The number of anilines is 1. The summed E-state index contributed by atoms with van der Waals surface area (Å²) < 4.78 is 10.8. The highest BCUT2D eigenvalue weighted by atomic mass is 35.5. The Kier molecular flexibility index (Phi) is 7.40. The molecule has 2 saturated heterocycles. The topological polar surface area (TPSA) is 79.9 Å². The van der Waals surface area contributed by atoms with E-state index in [-0.39, 0.29) is 24.2 Å². The van der Waals surface area contributed by atoms with Crippen molar-refractivity contribution in [2.75, 3.05) is 32.6 Å². The molecule has 2 aliphatic rings. The number of fused-ring (bicyclic) bond motifs is 2. The monoisotopic (exact) mass is 425 g/mol. The van der Waals surface area contributed by atoms with Crippen LogP contribution in [0.3, 0.4) is 0 Å². The zero-order valence-electron chi connectivity index (χ0n) is 17.8. The molecule has 2 fully saturated rings. The third-order valence-corrected chi connectivity index (χ3v) is 5.49. The van der Waals surface area contributed by atoms with E-state index in [0.29, 0.717) is 47.9 Å². The Morgan fingerprint density at radius 1 is 1.07 bits per heavy atom. The number of benzene rings is 1. The third kappa shape index (κ3) is 5.14. The Morgan fingerprint density at radius 3 is 2.31 bits per heavy atom. The van der Waals surface area contributed by atoms with E-state index in [4.69, 9.17) is 9.47 Å². The quantitative estimate of drug-likeness (QED) is 0.774. The summed E-state index contributed by atoms with van der Waals surface area (Å²) in [6.45, 7) is 6.88. The average Bonchev–Trinajstić information content (AvgIpc) is 2.98. The van der Waals surface area contributed by atoms with Crippen LogP contribution in [0.1, 0.15) is 50.4 Å². The molecule has 29 heavy (non-hydrogen) atoms. The van der Waals surface area contributed by atoms with Crippen molar-refractivity contribution in [3.8, 4) is 11.5 Å². The summed E-state index contributed by atoms with van der Waals surface area (Å²) in [6.07, 6.45) is 3.21. The first-order valence-electron chi connectivity index (χ1n) is 9.85. The number of carbonyl (C=O) groups is 2. The van der Waals surface area contributed by atoms with Crippen LogP contribution < -0.4 is 20.1 Å².